The Morgan fingerprint density at radius 2 is 1.96 bits per heavy atom. The second-order valence-electron chi connectivity index (χ2n) is 6.29. The van der Waals surface area contributed by atoms with Crippen LogP contribution in [-0.2, 0) is 11.3 Å². The van der Waals surface area contributed by atoms with Crippen molar-refractivity contribution in [2.24, 2.45) is 10.9 Å². The Labute approximate surface area is 162 Å². The Morgan fingerprint density at radius 1 is 1.25 bits per heavy atom. The summed E-state index contributed by atoms with van der Waals surface area (Å²) in [6.07, 6.45) is 1.62. The fraction of sp³-hybridized carbons (Fsp3) is 0.556. The van der Waals surface area contributed by atoms with Crippen LogP contribution in [0.25, 0.3) is 0 Å². The number of amides is 1. The Hall–Kier alpha value is -1.31. The molecule has 6 heteroatoms. The van der Waals surface area contributed by atoms with Crippen LogP contribution in [-0.4, -0.2) is 31.5 Å². The quantitative estimate of drug-likeness (QED) is 0.403. The normalized spacial score (nSPS) is 14.8. The molecule has 1 heterocycles. The highest BCUT2D eigenvalue weighted by Gasteiger charge is 2.21. The van der Waals surface area contributed by atoms with Gasteiger partial charge in [0.05, 0.1) is 6.54 Å². The second-order valence-corrected chi connectivity index (χ2v) is 6.29. The van der Waals surface area contributed by atoms with Crippen LogP contribution < -0.4 is 15.5 Å². The maximum Gasteiger partial charge on any atom is 0.227 e. The smallest absolute Gasteiger partial charge is 0.227 e. The van der Waals surface area contributed by atoms with E-state index in [4.69, 9.17) is 0 Å². The average Bonchev–Trinajstić information content (AvgIpc) is 2.96. The SMILES string of the molecule is CCNC(=NCc1ccc(N2CCCC2=O)cc1)NCC(C)C.I. The van der Waals surface area contributed by atoms with E-state index in [0.29, 0.717) is 18.9 Å². The molecule has 24 heavy (non-hydrogen) atoms. The molecule has 0 aliphatic carbocycles. The van der Waals surface area contributed by atoms with E-state index in [2.05, 4.69) is 48.5 Å². The zero-order valence-electron chi connectivity index (χ0n) is 14.8. The number of aliphatic imine (C=N–C) groups is 1. The van der Waals surface area contributed by atoms with Crippen molar-refractivity contribution in [1.82, 2.24) is 10.6 Å². The van der Waals surface area contributed by atoms with E-state index in [0.717, 1.165) is 43.3 Å². The molecule has 1 fully saturated rings. The minimum Gasteiger partial charge on any atom is -0.357 e. The average molecular weight is 444 g/mol. The zero-order chi connectivity index (χ0) is 16.7. The number of hydrogen-bond donors (Lipinski definition) is 2. The van der Waals surface area contributed by atoms with Gasteiger partial charge in [-0.05, 0) is 37.0 Å². The number of carbonyl (C=O) groups excluding carboxylic acids is 1. The van der Waals surface area contributed by atoms with Crippen LogP contribution in [0.5, 0.6) is 0 Å². The van der Waals surface area contributed by atoms with Crippen molar-refractivity contribution in [2.45, 2.75) is 40.2 Å². The molecule has 5 nitrogen and oxygen atoms in total. The summed E-state index contributed by atoms with van der Waals surface area (Å²) in [6.45, 7) is 9.63. The molecular formula is C18H29IN4O. The molecule has 1 aromatic rings. The Bertz CT molecular complexity index is 542. The lowest BCUT2D eigenvalue weighted by molar-refractivity contribution is -0.117. The molecule has 0 atom stereocenters. The summed E-state index contributed by atoms with van der Waals surface area (Å²) in [5.74, 6) is 1.65. The van der Waals surface area contributed by atoms with Crippen molar-refractivity contribution >= 4 is 41.5 Å². The predicted octanol–water partition coefficient (Wildman–Crippen LogP) is 3.14. The second kappa shape index (κ2) is 10.5. The number of hydrogen-bond acceptors (Lipinski definition) is 2. The zero-order valence-corrected chi connectivity index (χ0v) is 17.2. The molecule has 0 radical (unpaired) electrons. The molecule has 1 saturated heterocycles. The van der Waals surface area contributed by atoms with Crippen LogP contribution in [0.2, 0.25) is 0 Å². The number of guanidine groups is 1. The third kappa shape index (κ3) is 6.30. The number of halogens is 1. The minimum atomic E-state index is 0. The van der Waals surface area contributed by atoms with Crippen LogP contribution in [0.1, 0.15) is 39.2 Å². The van der Waals surface area contributed by atoms with Gasteiger partial charge in [0.15, 0.2) is 5.96 Å². The van der Waals surface area contributed by atoms with Gasteiger partial charge in [0.2, 0.25) is 5.91 Å². The number of anilines is 1. The monoisotopic (exact) mass is 444 g/mol. The van der Waals surface area contributed by atoms with E-state index in [9.17, 15) is 4.79 Å². The highest BCUT2D eigenvalue weighted by atomic mass is 127. The van der Waals surface area contributed by atoms with Crippen molar-refractivity contribution in [3.05, 3.63) is 29.8 Å². The van der Waals surface area contributed by atoms with E-state index < -0.39 is 0 Å². The molecule has 0 spiro atoms. The Kier molecular flexibility index (Phi) is 9.10. The molecule has 1 aliphatic heterocycles. The Morgan fingerprint density at radius 3 is 2.50 bits per heavy atom. The number of carbonyl (C=O) groups is 1. The highest BCUT2D eigenvalue weighted by Crippen LogP contribution is 2.21. The van der Waals surface area contributed by atoms with Crippen LogP contribution in [0, 0.1) is 5.92 Å². The number of nitrogens with one attached hydrogen (secondary N) is 2. The van der Waals surface area contributed by atoms with Gasteiger partial charge >= 0.3 is 0 Å². The molecule has 1 aromatic carbocycles. The lowest BCUT2D eigenvalue weighted by atomic mass is 10.2. The van der Waals surface area contributed by atoms with Gasteiger partial charge in [0, 0.05) is 31.7 Å². The van der Waals surface area contributed by atoms with Gasteiger partial charge in [0.1, 0.15) is 0 Å². The van der Waals surface area contributed by atoms with Crippen molar-refractivity contribution in [3.8, 4) is 0 Å². The molecule has 0 unspecified atom stereocenters. The van der Waals surface area contributed by atoms with E-state index in [1.807, 2.05) is 17.0 Å². The molecule has 0 saturated carbocycles. The summed E-state index contributed by atoms with van der Waals surface area (Å²) in [6, 6.07) is 8.14. The Balaban J connectivity index is 0.00000288. The van der Waals surface area contributed by atoms with Gasteiger partial charge in [0.25, 0.3) is 0 Å². The molecule has 0 bridgehead atoms. The first-order valence-electron chi connectivity index (χ1n) is 8.51. The van der Waals surface area contributed by atoms with Gasteiger partial charge in [-0.3, -0.25) is 4.79 Å². The summed E-state index contributed by atoms with van der Waals surface area (Å²) in [7, 11) is 0. The molecule has 1 aliphatic rings. The first kappa shape index (κ1) is 20.7. The van der Waals surface area contributed by atoms with Crippen molar-refractivity contribution in [2.75, 3.05) is 24.5 Å². The fourth-order valence-electron chi connectivity index (χ4n) is 2.52. The van der Waals surface area contributed by atoms with Gasteiger partial charge in [-0.1, -0.05) is 26.0 Å². The molecule has 2 rings (SSSR count). The number of rotatable bonds is 6. The summed E-state index contributed by atoms with van der Waals surface area (Å²) in [5, 5.41) is 6.59. The molecular weight excluding hydrogens is 415 g/mol. The molecule has 2 N–H and O–H groups in total. The molecule has 1 amide bonds. The summed E-state index contributed by atoms with van der Waals surface area (Å²) < 4.78 is 0. The van der Waals surface area contributed by atoms with Gasteiger partial charge in [-0.2, -0.15) is 0 Å². The minimum absolute atomic E-state index is 0. The molecule has 0 aromatic heterocycles. The van der Waals surface area contributed by atoms with Crippen molar-refractivity contribution in [3.63, 3.8) is 0 Å². The summed E-state index contributed by atoms with van der Waals surface area (Å²) in [5.41, 5.74) is 2.13. The van der Waals surface area contributed by atoms with Gasteiger partial charge < -0.3 is 15.5 Å². The first-order chi connectivity index (χ1) is 11.1. The van der Waals surface area contributed by atoms with Crippen LogP contribution in [0.4, 0.5) is 5.69 Å². The third-order valence-corrected chi connectivity index (χ3v) is 3.76. The van der Waals surface area contributed by atoms with E-state index in [1.165, 1.54) is 0 Å². The maximum absolute atomic E-state index is 11.8. The van der Waals surface area contributed by atoms with Gasteiger partial charge in [-0.25, -0.2) is 4.99 Å². The number of nitrogens with zero attached hydrogens (tertiary/aromatic N) is 2. The first-order valence-corrected chi connectivity index (χ1v) is 8.51. The predicted molar refractivity (Wildman–Crippen MR) is 111 cm³/mol. The standard InChI is InChI=1S/C18H28N4O.HI/c1-4-19-18(20-12-14(2)3)21-13-15-7-9-16(10-8-15)22-11-5-6-17(22)23;/h7-10,14H,4-6,11-13H2,1-3H3,(H2,19,20,21);1H. The summed E-state index contributed by atoms with van der Waals surface area (Å²) >= 11 is 0. The third-order valence-electron chi connectivity index (χ3n) is 3.76. The van der Waals surface area contributed by atoms with Crippen LogP contribution >= 0.6 is 24.0 Å². The number of benzene rings is 1. The van der Waals surface area contributed by atoms with E-state index in [1.54, 1.807) is 0 Å². The van der Waals surface area contributed by atoms with Crippen LogP contribution in [0.15, 0.2) is 29.3 Å². The lowest BCUT2D eigenvalue weighted by Gasteiger charge is -2.16. The maximum atomic E-state index is 11.8. The molecule has 134 valence electrons. The van der Waals surface area contributed by atoms with Crippen LogP contribution in [0.3, 0.4) is 0 Å². The van der Waals surface area contributed by atoms with Crippen molar-refractivity contribution in [1.29, 1.82) is 0 Å². The topological polar surface area (TPSA) is 56.7 Å². The highest BCUT2D eigenvalue weighted by molar-refractivity contribution is 14.0. The largest absolute Gasteiger partial charge is 0.357 e. The summed E-state index contributed by atoms with van der Waals surface area (Å²) in [4.78, 5) is 18.2. The lowest BCUT2D eigenvalue weighted by Crippen LogP contribution is -2.39. The fourth-order valence-corrected chi connectivity index (χ4v) is 2.52. The van der Waals surface area contributed by atoms with E-state index in [-0.39, 0.29) is 29.9 Å². The van der Waals surface area contributed by atoms with E-state index >= 15 is 0 Å². The van der Waals surface area contributed by atoms with Crippen molar-refractivity contribution < 1.29 is 4.79 Å². The van der Waals surface area contributed by atoms with Gasteiger partial charge in [-0.15, -0.1) is 24.0 Å².